The molecule has 3 aliphatic rings. The Labute approximate surface area is 264 Å². The van der Waals surface area contributed by atoms with Crippen LogP contribution in [0.15, 0.2) is 42.5 Å². The van der Waals surface area contributed by atoms with Crippen molar-refractivity contribution >= 4 is 11.6 Å². The number of aryl methyl sites for hydroxylation is 1. The smallest absolute Gasteiger partial charge is 0.251 e. The van der Waals surface area contributed by atoms with Crippen molar-refractivity contribution in [3.8, 4) is 5.75 Å². The van der Waals surface area contributed by atoms with E-state index < -0.39 is 0 Å². The number of piperazine rings is 1. The minimum absolute atomic E-state index is 0.0353. The van der Waals surface area contributed by atoms with Gasteiger partial charge in [0.2, 0.25) is 0 Å². The molecule has 1 aliphatic carbocycles. The first kappa shape index (κ1) is 32.7. The average molecular weight is 607 g/mol. The number of anilines is 1. The molecule has 0 bridgehead atoms. The molecular formula is C35H54N6O3. The van der Waals surface area contributed by atoms with Crippen LogP contribution in [-0.2, 0) is 4.74 Å². The summed E-state index contributed by atoms with van der Waals surface area (Å²) >= 11 is 0. The topological polar surface area (TPSA) is 98.9 Å². The van der Waals surface area contributed by atoms with Crippen molar-refractivity contribution in [2.45, 2.75) is 88.6 Å². The number of ether oxygens (including phenoxy) is 2. The number of amides is 1. The van der Waals surface area contributed by atoms with Crippen LogP contribution in [0.5, 0.6) is 5.75 Å². The van der Waals surface area contributed by atoms with E-state index >= 15 is 0 Å². The first-order valence-corrected chi connectivity index (χ1v) is 16.8. The van der Waals surface area contributed by atoms with Crippen molar-refractivity contribution in [1.29, 1.82) is 0 Å². The number of carbonyl (C=O) groups excluding carboxylic acids is 1. The van der Waals surface area contributed by atoms with Gasteiger partial charge in [-0.05, 0) is 68.3 Å². The van der Waals surface area contributed by atoms with E-state index in [-0.39, 0.29) is 23.8 Å². The number of carbonyl (C=O) groups is 1. The van der Waals surface area contributed by atoms with Crippen molar-refractivity contribution in [1.82, 2.24) is 26.2 Å². The summed E-state index contributed by atoms with van der Waals surface area (Å²) in [4.78, 5) is 15.7. The van der Waals surface area contributed by atoms with Crippen molar-refractivity contribution < 1.29 is 14.3 Å². The van der Waals surface area contributed by atoms with Crippen LogP contribution in [0, 0.1) is 6.92 Å². The number of nitrogens with zero attached hydrogens (tertiary/aromatic N) is 1. The van der Waals surface area contributed by atoms with Crippen LogP contribution in [0.25, 0.3) is 0 Å². The maximum Gasteiger partial charge on any atom is 0.251 e. The Morgan fingerprint density at radius 1 is 0.955 bits per heavy atom. The van der Waals surface area contributed by atoms with E-state index in [1.807, 2.05) is 26.1 Å². The van der Waals surface area contributed by atoms with Crippen LogP contribution < -0.4 is 31.3 Å². The van der Waals surface area contributed by atoms with Gasteiger partial charge in [-0.1, -0.05) is 57.1 Å². The molecule has 3 fully saturated rings. The van der Waals surface area contributed by atoms with Gasteiger partial charge in [0.1, 0.15) is 11.9 Å². The molecule has 44 heavy (non-hydrogen) atoms. The van der Waals surface area contributed by atoms with Gasteiger partial charge in [0.15, 0.2) is 0 Å². The minimum Gasteiger partial charge on any atom is -0.497 e. The molecule has 3 atom stereocenters. The summed E-state index contributed by atoms with van der Waals surface area (Å²) in [6.07, 6.45) is 11.9. The molecule has 2 saturated heterocycles. The number of likely N-dealkylation sites (N-methyl/N-ethyl adjacent to an activating group) is 1. The number of methoxy groups -OCH3 is 1. The van der Waals surface area contributed by atoms with E-state index in [2.05, 4.69) is 61.8 Å². The molecule has 2 aromatic rings. The average Bonchev–Trinajstić information content (AvgIpc) is 3.50. The van der Waals surface area contributed by atoms with E-state index in [4.69, 9.17) is 9.47 Å². The highest BCUT2D eigenvalue weighted by Crippen LogP contribution is 2.43. The number of benzene rings is 2. The summed E-state index contributed by atoms with van der Waals surface area (Å²) in [5.74, 6) is 0.834. The second-order valence-electron chi connectivity index (χ2n) is 12.8. The Kier molecular flexibility index (Phi) is 11.9. The molecule has 3 unspecified atom stereocenters. The number of hydrogen-bond donors (Lipinski definition) is 5. The molecule has 1 spiro atoms. The van der Waals surface area contributed by atoms with E-state index in [1.54, 1.807) is 7.11 Å². The SMILES string of the molecule is CNCCOCCNC(=O)c1ccc(NC2NCC3(CCCCCCCCC3)N3C(c4ccc(OC)cc4)CNC23)cc1C. The highest BCUT2D eigenvalue weighted by Gasteiger charge is 2.52. The standard InChI is InChI=1S/C35H54N6O3/c1-26-23-28(13-16-30(26)34(42)37-20-22-44-21-19-36-2)40-32-33-38-24-31(27-11-14-29(43-3)15-12-27)41(33)35(25-39-32)17-9-7-5-4-6-8-10-18-35/h11-16,23,31-33,36,38-40H,4-10,17-22,24-25H2,1-3H3,(H,37,42). The van der Waals surface area contributed by atoms with Gasteiger partial charge in [-0.15, -0.1) is 0 Å². The van der Waals surface area contributed by atoms with E-state index in [0.29, 0.717) is 31.4 Å². The highest BCUT2D eigenvalue weighted by molar-refractivity contribution is 5.96. The fraction of sp³-hybridized carbons (Fsp3) is 0.629. The minimum atomic E-state index is -0.0639. The molecule has 5 rings (SSSR count). The molecule has 5 N–H and O–H groups in total. The molecule has 1 saturated carbocycles. The number of rotatable bonds is 11. The number of hydrogen-bond acceptors (Lipinski definition) is 8. The number of nitrogens with one attached hydrogen (secondary N) is 5. The normalized spacial score (nSPS) is 24.0. The second-order valence-corrected chi connectivity index (χ2v) is 12.8. The fourth-order valence-corrected chi connectivity index (χ4v) is 7.41. The molecule has 0 aromatic heterocycles. The zero-order chi connectivity index (χ0) is 30.8. The van der Waals surface area contributed by atoms with Crippen LogP contribution in [0.1, 0.15) is 85.3 Å². The lowest BCUT2D eigenvalue weighted by atomic mass is 9.80. The predicted molar refractivity (Wildman–Crippen MR) is 177 cm³/mol. The summed E-state index contributed by atoms with van der Waals surface area (Å²) in [6.45, 7) is 6.32. The Morgan fingerprint density at radius 2 is 1.66 bits per heavy atom. The van der Waals surface area contributed by atoms with E-state index in [0.717, 1.165) is 36.6 Å². The molecular weight excluding hydrogens is 552 g/mol. The third-order valence-electron chi connectivity index (χ3n) is 9.78. The third-order valence-corrected chi connectivity index (χ3v) is 9.78. The van der Waals surface area contributed by atoms with Crippen LogP contribution in [-0.4, -0.2) is 82.2 Å². The monoisotopic (exact) mass is 606 g/mol. The van der Waals surface area contributed by atoms with E-state index in [9.17, 15) is 4.79 Å². The molecule has 1 amide bonds. The van der Waals surface area contributed by atoms with Gasteiger partial charge in [0, 0.05) is 49.0 Å². The third kappa shape index (κ3) is 7.93. The van der Waals surface area contributed by atoms with Gasteiger partial charge < -0.3 is 25.4 Å². The first-order valence-electron chi connectivity index (χ1n) is 16.8. The Bertz CT molecular complexity index is 1180. The largest absolute Gasteiger partial charge is 0.497 e. The summed E-state index contributed by atoms with van der Waals surface area (Å²) in [5.41, 5.74) is 4.13. The molecule has 2 heterocycles. The summed E-state index contributed by atoms with van der Waals surface area (Å²) in [5, 5.41) is 17.7. The Hall–Kier alpha value is -2.69. The molecule has 2 aromatic carbocycles. The lowest BCUT2D eigenvalue weighted by Crippen LogP contribution is -2.71. The van der Waals surface area contributed by atoms with Gasteiger partial charge in [0.25, 0.3) is 5.91 Å². The molecule has 0 radical (unpaired) electrons. The first-order chi connectivity index (χ1) is 21.5. The zero-order valence-corrected chi connectivity index (χ0v) is 27.1. The lowest BCUT2D eigenvalue weighted by Gasteiger charge is -2.54. The van der Waals surface area contributed by atoms with Gasteiger partial charge >= 0.3 is 0 Å². The van der Waals surface area contributed by atoms with Gasteiger partial charge in [-0.2, -0.15) is 0 Å². The quantitative estimate of drug-likeness (QED) is 0.238. The summed E-state index contributed by atoms with van der Waals surface area (Å²) in [6, 6.07) is 15.0. The van der Waals surface area contributed by atoms with Gasteiger partial charge in [-0.3, -0.25) is 20.3 Å². The highest BCUT2D eigenvalue weighted by atomic mass is 16.5. The van der Waals surface area contributed by atoms with Gasteiger partial charge in [0.05, 0.1) is 26.5 Å². The Balaban J connectivity index is 1.31. The number of fused-ring (bicyclic) bond motifs is 2. The lowest BCUT2D eigenvalue weighted by molar-refractivity contribution is -0.0269. The van der Waals surface area contributed by atoms with Crippen LogP contribution in [0.4, 0.5) is 5.69 Å². The fourth-order valence-electron chi connectivity index (χ4n) is 7.41. The van der Waals surface area contributed by atoms with Crippen molar-refractivity contribution in [3.05, 3.63) is 59.2 Å². The molecule has 2 aliphatic heterocycles. The van der Waals surface area contributed by atoms with Crippen LogP contribution in [0.3, 0.4) is 0 Å². The molecule has 9 nitrogen and oxygen atoms in total. The summed E-state index contributed by atoms with van der Waals surface area (Å²) in [7, 11) is 3.63. The molecule has 242 valence electrons. The van der Waals surface area contributed by atoms with Crippen LogP contribution in [0.2, 0.25) is 0 Å². The second kappa shape index (κ2) is 16.0. The Morgan fingerprint density at radius 3 is 2.34 bits per heavy atom. The maximum atomic E-state index is 12.9. The van der Waals surface area contributed by atoms with Gasteiger partial charge in [-0.25, -0.2) is 0 Å². The maximum absolute atomic E-state index is 12.9. The summed E-state index contributed by atoms with van der Waals surface area (Å²) < 4.78 is 11.0. The van der Waals surface area contributed by atoms with Crippen molar-refractivity contribution in [2.75, 3.05) is 58.9 Å². The van der Waals surface area contributed by atoms with Crippen molar-refractivity contribution in [2.24, 2.45) is 0 Å². The molecule has 9 heteroatoms. The van der Waals surface area contributed by atoms with Crippen molar-refractivity contribution in [3.63, 3.8) is 0 Å². The van der Waals surface area contributed by atoms with Crippen LogP contribution >= 0.6 is 0 Å². The zero-order valence-electron chi connectivity index (χ0n) is 27.1. The van der Waals surface area contributed by atoms with E-state index in [1.165, 1.54) is 63.4 Å². The predicted octanol–water partition coefficient (Wildman–Crippen LogP) is 4.55.